The van der Waals surface area contributed by atoms with Gasteiger partial charge in [0.05, 0.1) is 30.0 Å². The van der Waals surface area contributed by atoms with E-state index in [9.17, 15) is 22.4 Å². The average Bonchev–Trinajstić information content (AvgIpc) is 3.59. The molecule has 3 saturated heterocycles. The Labute approximate surface area is 310 Å². The van der Waals surface area contributed by atoms with Crippen LogP contribution < -0.4 is 16.0 Å². The van der Waals surface area contributed by atoms with Crippen LogP contribution in [0.15, 0.2) is 82.6 Å². The Morgan fingerprint density at radius 3 is 2.15 bits per heavy atom. The van der Waals surface area contributed by atoms with Gasteiger partial charge in [0.2, 0.25) is 15.7 Å². The molecule has 0 aromatic heterocycles. The largest absolute Gasteiger partial charge is 0.453 e. The third kappa shape index (κ3) is 7.52. The fourth-order valence-corrected chi connectivity index (χ4v) is 10.7. The summed E-state index contributed by atoms with van der Waals surface area (Å²) in [6.07, 6.45) is 5.13. The van der Waals surface area contributed by atoms with Gasteiger partial charge in [-0.2, -0.15) is 0 Å². The highest BCUT2D eigenvalue weighted by Gasteiger charge is 2.54. The lowest BCUT2D eigenvalue weighted by Crippen LogP contribution is -2.65. The smallest absolute Gasteiger partial charge is 0.407 e. The lowest BCUT2D eigenvalue weighted by Gasteiger charge is -2.54. The number of hydrogen-bond donors (Lipinski definition) is 2. The van der Waals surface area contributed by atoms with Gasteiger partial charge in [0.25, 0.3) is 0 Å². The van der Waals surface area contributed by atoms with Crippen molar-refractivity contribution in [1.82, 2.24) is 15.1 Å². The van der Waals surface area contributed by atoms with Crippen molar-refractivity contribution in [2.45, 2.75) is 65.4 Å². The number of methoxy groups -OCH3 is 1. The van der Waals surface area contributed by atoms with E-state index in [0.29, 0.717) is 6.54 Å². The highest BCUT2D eigenvalue weighted by atomic mass is 32.2. The minimum Gasteiger partial charge on any atom is -0.453 e. The number of anilines is 1. The van der Waals surface area contributed by atoms with E-state index in [0.717, 1.165) is 82.5 Å². The number of alkyl halides is 1. The Bertz CT molecular complexity index is 1890. The zero-order valence-electron chi connectivity index (χ0n) is 30.2. The van der Waals surface area contributed by atoms with Crippen LogP contribution in [0.5, 0.6) is 0 Å². The molecule has 3 aromatic rings. The Balaban J connectivity index is 1.02. The van der Waals surface area contributed by atoms with Crippen molar-refractivity contribution in [2.75, 3.05) is 64.4 Å². The van der Waals surface area contributed by atoms with E-state index >= 15 is 4.39 Å². The lowest BCUT2D eigenvalue weighted by molar-refractivity contribution is 0.00584. The molecule has 3 aliphatic heterocycles. The molecule has 3 heterocycles. The molecule has 3 aromatic carbocycles. The molecule has 10 nitrogen and oxygen atoms in total. The number of carbonyl (C=O) groups is 2. The first-order valence-electron chi connectivity index (χ1n) is 18.6. The van der Waals surface area contributed by atoms with Gasteiger partial charge < -0.3 is 25.6 Å². The van der Waals surface area contributed by atoms with Crippen molar-refractivity contribution in [3.63, 3.8) is 0 Å². The molecule has 0 spiro atoms. The molecule has 53 heavy (non-hydrogen) atoms. The number of ether oxygens (including phenoxy) is 1. The van der Waals surface area contributed by atoms with Crippen molar-refractivity contribution < 1.29 is 31.5 Å². The molecule has 3 N–H and O–H groups in total. The van der Waals surface area contributed by atoms with E-state index in [1.807, 2.05) is 4.90 Å². The number of benzene rings is 3. The summed E-state index contributed by atoms with van der Waals surface area (Å²) in [5, 5.41) is 3.13. The number of piperidine rings is 1. The summed E-state index contributed by atoms with van der Waals surface area (Å²) < 4.78 is 62.5. The van der Waals surface area contributed by atoms with Crippen LogP contribution in [0.25, 0.3) is 0 Å². The topological polar surface area (TPSA) is 125 Å². The number of nitrogens with two attached hydrogens (primary N) is 1. The first-order valence-corrected chi connectivity index (χ1v) is 20.1. The monoisotopic (exact) mass is 749 g/mol. The first-order chi connectivity index (χ1) is 25.4. The lowest BCUT2D eigenvalue weighted by atomic mass is 9.57. The summed E-state index contributed by atoms with van der Waals surface area (Å²) in [6, 6.07) is 18.9. The molecule has 4 fully saturated rings. The van der Waals surface area contributed by atoms with Gasteiger partial charge >= 0.3 is 6.09 Å². The molecule has 13 heteroatoms. The van der Waals surface area contributed by atoms with Crippen molar-refractivity contribution >= 4 is 27.5 Å². The van der Waals surface area contributed by atoms with Crippen LogP contribution in [0.3, 0.4) is 0 Å². The predicted molar refractivity (Wildman–Crippen MR) is 198 cm³/mol. The molecule has 4 aliphatic rings. The Morgan fingerprint density at radius 2 is 1.57 bits per heavy atom. The first kappa shape index (κ1) is 37.3. The minimum atomic E-state index is -3.81. The zero-order chi connectivity index (χ0) is 37.4. The van der Waals surface area contributed by atoms with Crippen LogP contribution >= 0.6 is 0 Å². The fraction of sp³-hybridized carbons (Fsp3) is 0.500. The van der Waals surface area contributed by atoms with E-state index in [2.05, 4.69) is 21.2 Å². The van der Waals surface area contributed by atoms with Gasteiger partial charge in [-0.25, -0.2) is 22.0 Å². The third-order valence-electron chi connectivity index (χ3n) is 12.2. The van der Waals surface area contributed by atoms with Gasteiger partial charge in [-0.15, -0.1) is 0 Å². The number of nitrogens with one attached hydrogen (secondary N) is 1. The zero-order valence-corrected chi connectivity index (χ0v) is 31.0. The van der Waals surface area contributed by atoms with E-state index < -0.39 is 27.5 Å². The molecule has 7 rings (SSSR count). The standard InChI is InChI=1S/C40H49F2N5O5S/c1-52-38(49)44-36-8-3-7-35(36)40(27-45-19-4-20-45,30-5-2-6-31(41)23-30)29-17-21-46(22-18-29)24-39(42)25-47(26-39)32-11-15-34(16-12-32)53(50,51)33-13-9-28(10-14-33)37(43)48/h2,5-6,9-16,23,29,35-36H,3-4,7-8,17-22,24-27H2,1H3,(H2,43,48)(H,44,49)/t35-,36-,40-/m0/s1. The second kappa shape index (κ2) is 15.0. The molecular formula is C40H49F2N5O5S. The van der Waals surface area contributed by atoms with Crippen LogP contribution in [-0.2, 0) is 20.0 Å². The van der Waals surface area contributed by atoms with Gasteiger partial charge in [-0.05, 0) is 136 Å². The minimum absolute atomic E-state index is 0.0559. The van der Waals surface area contributed by atoms with Gasteiger partial charge in [-0.3, -0.25) is 9.69 Å². The second-order valence-corrected chi connectivity index (χ2v) is 17.4. The van der Waals surface area contributed by atoms with Crippen molar-refractivity contribution in [3.8, 4) is 0 Å². The molecule has 3 atom stereocenters. The van der Waals surface area contributed by atoms with Crippen LogP contribution in [0.4, 0.5) is 19.3 Å². The maximum Gasteiger partial charge on any atom is 0.407 e. The summed E-state index contributed by atoms with van der Waals surface area (Å²) in [7, 11) is -2.42. The molecule has 2 amide bonds. The molecule has 0 bridgehead atoms. The summed E-state index contributed by atoms with van der Waals surface area (Å²) in [6.45, 7) is 4.97. The molecule has 1 saturated carbocycles. The van der Waals surface area contributed by atoms with Crippen LogP contribution in [0.2, 0.25) is 0 Å². The fourth-order valence-electron chi connectivity index (χ4n) is 9.44. The van der Waals surface area contributed by atoms with Crippen molar-refractivity contribution in [1.29, 1.82) is 0 Å². The highest BCUT2D eigenvalue weighted by Crippen LogP contribution is 2.51. The summed E-state index contributed by atoms with van der Waals surface area (Å²) in [5.74, 6) is -0.567. The van der Waals surface area contributed by atoms with E-state index in [-0.39, 0.29) is 57.6 Å². The van der Waals surface area contributed by atoms with Gasteiger partial charge in [0, 0.05) is 35.8 Å². The molecule has 1 aliphatic carbocycles. The number of sulfone groups is 1. The molecule has 0 unspecified atom stereocenters. The van der Waals surface area contributed by atoms with Crippen molar-refractivity contribution in [3.05, 3.63) is 89.7 Å². The van der Waals surface area contributed by atoms with Gasteiger partial charge in [-0.1, -0.05) is 18.6 Å². The van der Waals surface area contributed by atoms with E-state index in [1.54, 1.807) is 24.3 Å². The Morgan fingerprint density at radius 1 is 0.906 bits per heavy atom. The number of likely N-dealkylation sites (tertiary alicyclic amines) is 2. The average molecular weight is 750 g/mol. The number of halogens is 2. The van der Waals surface area contributed by atoms with Gasteiger partial charge in [0.1, 0.15) is 5.82 Å². The van der Waals surface area contributed by atoms with Crippen LogP contribution in [-0.4, -0.2) is 101 Å². The normalized spacial score (nSPS) is 23.4. The van der Waals surface area contributed by atoms with Crippen LogP contribution in [0.1, 0.15) is 54.4 Å². The van der Waals surface area contributed by atoms with Crippen molar-refractivity contribution in [2.24, 2.45) is 17.6 Å². The predicted octanol–water partition coefficient (Wildman–Crippen LogP) is 5.17. The third-order valence-corrected chi connectivity index (χ3v) is 14.0. The summed E-state index contributed by atoms with van der Waals surface area (Å²) in [4.78, 5) is 30.6. The second-order valence-electron chi connectivity index (χ2n) is 15.4. The number of primary amides is 1. The number of rotatable bonds is 12. The Kier molecular flexibility index (Phi) is 10.5. The SMILES string of the molecule is COC(=O)N[C@H]1CCC[C@@H]1[C@](CN1CCC1)(c1cccc(F)c1)C1CCN(CC2(F)CN(c3ccc(S(=O)(=O)c4ccc(C(N)=O)cc4)cc3)C2)CC1. The number of alkyl carbamates (subject to hydrolysis) is 1. The maximum atomic E-state index is 16.2. The van der Waals surface area contributed by atoms with E-state index in [1.165, 1.54) is 49.6 Å². The number of nitrogens with zero attached hydrogens (tertiary/aromatic N) is 3. The molecule has 284 valence electrons. The molecular weight excluding hydrogens is 701 g/mol. The van der Waals surface area contributed by atoms with E-state index in [4.69, 9.17) is 10.5 Å². The summed E-state index contributed by atoms with van der Waals surface area (Å²) in [5.41, 5.74) is 5.45. The number of hydrogen-bond acceptors (Lipinski definition) is 8. The summed E-state index contributed by atoms with van der Waals surface area (Å²) >= 11 is 0. The number of amides is 2. The number of carbonyl (C=O) groups excluding carboxylic acids is 2. The Hall–Kier alpha value is -4.07. The van der Waals surface area contributed by atoms with Gasteiger partial charge in [0.15, 0.2) is 5.67 Å². The quantitative estimate of drug-likeness (QED) is 0.260. The van der Waals surface area contributed by atoms with Crippen LogP contribution in [0, 0.1) is 17.7 Å². The molecule has 0 radical (unpaired) electrons. The highest BCUT2D eigenvalue weighted by molar-refractivity contribution is 7.91. The maximum absolute atomic E-state index is 16.2.